The van der Waals surface area contributed by atoms with Crippen LogP contribution < -0.4 is 10.7 Å². The van der Waals surface area contributed by atoms with Crippen molar-refractivity contribution in [2.45, 2.75) is 6.04 Å². The van der Waals surface area contributed by atoms with Crippen molar-refractivity contribution in [2.75, 3.05) is 0 Å². The van der Waals surface area contributed by atoms with E-state index in [4.69, 9.17) is 4.42 Å². The molecule has 114 valence electrons. The predicted octanol–water partition coefficient (Wildman–Crippen LogP) is 2.47. The molecule has 0 saturated carbocycles. The molecule has 6 heteroatoms. The van der Waals surface area contributed by atoms with Crippen LogP contribution in [0.15, 0.2) is 51.7 Å². The highest BCUT2D eigenvalue weighted by Crippen LogP contribution is 2.32. The van der Waals surface area contributed by atoms with E-state index in [0.717, 1.165) is 12.1 Å². The number of phenolic OH excluding ortho intramolecular Hbond substituents is 1. The lowest BCUT2D eigenvalue weighted by Crippen LogP contribution is -2.21. The molecule has 2 heterocycles. The molecular formula is C17H10FNO4. The lowest BCUT2D eigenvalue weighted by atomic mass is 9.99. The smallest absolute Gasteiger partial charge is 0.288 e. The van der Waals surface area contributed by atoms with E-state index in [9.17, 15) is 19.1 Å². The molecule has 0 radical (unpaired) electrons. The van der Waals surface area contributed by atoms with Crippen LogP contribution in [0, 0.1) is 5.82 Å². The highest BCUT2D eigenvalue weighted by atomic mass is 19.1. The summed E-state index contributed by atoms with van der Waals surface area (Å²) in [6, 6.07) is 9.05. The van der Waals surface area contributed by atoms with Gasteiger partial charge in [-0.2, -0.15) is 0 Å². The summed E-state index contributed by atoms with van der Waals surface area (Å²) in [4.78, 5) is 24.8. The second-order valence-electron chi connectivity index (χ2n) is 5.32. The minimum Gasteiger partial charge on any atom is -0.508 e. The topological polar surface area (TPSA) is 79.5 Å². The maximum absolute atomic E-state index is 13.4. The van der Waals surface area contributed by atoms with Gasteiger partial charge in [0.05, 0.1) is 17.0 Å². The van der Waals surface area contributed by atoms with Gasteiger partial charge in [-0.3, -0.25) is 9.59 Å². The number of carbonyl (C=O) groups is 1. The molecule has 1 amide bonds. The van der Waals surface area contributed by atoms with Gasteiger partial charge in [0.1, 0.15) is 17.1 Å². The molecule has 5 nitrogen and oxygen atoms in total. The third-order valence-corrected chi connectivity index (χ3v) is 3.86. The Balaban J connectivity index is 2.01. The van der Waals surface area contributed by atoms with Crippen molar-refractivity contribution >= 4 is 16.9 Å². The highest BCUT2D eigenvalue weighted by molar-refractivity contribution is 5.98. The number of hydrogen-bond donors (Lipinski definition) is 2. The second-order valence-corrected chi connectivity index (χ2v) is 5.32. The third kappa shape index (κ3) is 1.99. The quantitative estimate of drug-likeness (QED) is 0.723. The highest BCUT2D eigenvalue weighted by Gasteiger charge is 2.36. The lowest BCUT2D eigenvalue weighted by molar-refractivity contribution is 0.0938. The van der Waals surface area contributed by atoms with Gasteiger partial charge in [0.25, 0.3) is 5.91 Å². The van der Waals surface area contributed by atoms with Gasteiger partial charge < -0.3 is 14.8 Å². The number of benzene rings is 2. The Bertz CT molecular complexity index is 1020. The van der Waals surface area contributed by atoms with Crippen molar-refractivity contribution < 1.29 is 18.7 Å². The van der Waals surface area contributed by atoms with Gasteiger partial charge in [-0.25, -0.2) is 4.39 Å². The molecule has 1 aliphatic heterocycles. The van der Waals surface area contributed by atoms with Crippen LogP contribution in [-0.2, 0) is 0 Å². The molecule has 4 rings (SSSR count). The first-order valence-corrected chi connectivity index (χ1v) is 6.90. The zero-order valence-corrected chi connectivity index (χ0v) is 11.7. The van der Waals surface area contributed by atoms with Gasteiger partial charge in [0.15, 0.2) is 5.43 Å². The normalized spacial score (nSPS) is 16.4. The third-order valence-electron chi connectivity index (χ3n) is 3.86. The van der Waals surface area contributed by atoms with E-state index in [1.165, 1.54) is 18.2 Å². The zero-order valence-electron chi connectivity index (χ0n) is 11.7. The molecule has 0 saturated heterocycles. The summed E-state index contributed by atoms with van der Waals surface area (Å²) in [7, 11) is 0. The molecule has 0 bridgehead atoms. The first-order chi connectivity index (χ1) is 11.0. The number of phenols is 1. The molecule has 1 atom stereocenters. The zero-order chi connectivity index (χ0) is 16.1. The number of rotatable bonds is 1. The number of fused-ring (bicyclic) bond motifs is 2. The van der Waals surface area contributed by atoms with Crippen LogP contribution in [-0.4, -0.2) is 11.0 Å². The van der Waals surface area contributed by atoms with Gasteiger partial charge in [-0.1, -0.05) is 12.1 Å². The minimum atomic E-state index is -0.742. The van der Waals surface area contributed by atoms with E-state index in [0.29, 0.717) is 5.56 Å². The van der Waals surface area contributed by atoms with Crippen LogP contribution >= 0.6 is 0 Å². The molecule has 3 aromatic rings. The fourth-order valence-electron chi connectivity index (χ4n) is 2.84. The Labute approximate surface area is 129 Å². The van der Waals surface area contributed by atoms with Crippen LogP contribution in [0.3, 0.4) is 0 Å². The Morgan fingerprint density at radius 3 is 2.74 bits per heavy atom. The monoisotopic (exact) mass is 311 g/mol. The average Bonchev–Trinajstić information content (AvgIpc) is 2.86. The minimum absolute atomic E-state index is 0.0152. The molecular weight excluding hydrogens is 301 g/mol. The summed E-state index contributed by atoms with van der Waals surface area (Å²) in [5.41, 5.74) is 0.355. The molecule has 1 aromatic heterocycles. The maximum atomic E-state index is 13.4. The largest absolute Gasteiger partial charge is 0.508 e. The van der Waals surface area contributed by atoms with Gasteiger partial charge >= 0.3 is 0 Å². The van der Waals surface area contributed by atoms with Crippen molar-refractivity contribution in [1.82, 2.24) is 5.32 Å². The van der Waals surface area contributed by atoms with Crippen LogP contribution in [0.25, 0.3) is 11.0 Å². The van der Waals surface area contributed by atoms with Gasteiger partial charge in [-0.05, 0) is 35.9 Å². The van der Waals surface area contributed by atoms with E-state index in [1.807, 2.05) is 0 Å². The molecule has 0 aliphatic carbocycles. The second kappa shape index (κ2) is 4.67. The fourth-order valence-corrected chi connectivity index (χ4v) is 2.84. The number of amides is 1. The molecule has 0 unspecified atom stereocenters. The van der Waals surface area contributed by atoms with E-state index < -0.39 is 23.2 Å². The molecule has 0 spiro atoms. The van der Waals surface area contributed by atoms with Crippen molar-refractivity contribution in [3.63, 3.8) is 0 Å². The van der Waals surface area contributed by atoms with Crippen molar-refractivity contribution in [1.29, 1.82) is 0 Å². The SMILES string of the molecule is O=C1N[C@H](c2cccc(O)c2)c2c1oc1ccc(F)cc1c2=O. The molecule has 0 fully saturated rings. The fraction of sp³-hybridized carbons (Fsp3) is 0.0588. The summed E-state index contributed by atoms with van der Waals surface area (Å²) >= 11 is 0. The van der Waals surface area contributed by atoms with E-state index >= 15 is 0 Å². The van der Waals surface area contributed by atoms with E-state index in [2.05, 4.69) is 5.32 Å². The van der Waals surface area contributed by atoms with E-state index in [1.54, 1.807) is 12.1 Å². The van der Waals surface area contributed by atoms with Crippen LogP contribution in [0.5, 0.6) is 5.75 Å². The molecule has 2 aromatic carbocycles. The Kier molecular flexibility index (Phi) is 2.74. The molecule has 2 N–H and O–H groups in total. The first kappa shape index (κ1) is 13.5. The van der Waals surface area contributed by atoms with Crippen LogP contribution in [0.2, 0.25) is 0 Å². The Morgan fingerprint density at radius 1 is 1.13 bits per heavy atom. The number of halogens is 1. The summed E-state index contributed by atoms with van der Waals surface area (Å²) in [6.07, 6.45) is 0. The molecule has 23 heavy (non-hydrogen) atoms. The predicted molar refractivity (Wildman–Crippen MR) is 79.9 cm³/mol. The number of hydrogen-bond acceptors (Lipinski definition) is 4. The first-order valence-electron chi connectivity index (χ1n) is 6.90. The number of carbonyl (C=O) groups excluding carboxylic acids is 1. The van der Waals surface area contributed by atoms with E-state index in [-0.39, 0.29) is 28.0 Å². The van der Waals surface area contributed by atoms with Crippen molar-refractivity contribution in [3.05, 3.63) is 75.4 Å². The summed E-state index contributed by atoms with van der Waals surface area (Å²) < 4.78 is 18.9. The number of nitrogens with one attached hydrogen (secondary N) is 1. The van der Waals surface area contributed by atoms with Crippen molar-refractivity contribution in [3.8, 4) is 5.75 Å². The maximum Gasteiger partial charge on any atom is 0.288 e. The summed E-state index contributed by atoms with van der Waals surface area (Å²) in [5, 5.41) is 12.3. The summed E-state index contributed by atoms with van der Waals surface area (Å²) in [5.74, 6) is -1.14. The van der Waals surface area contributed by atoms with Gasteiger partial charge in [0.2, 0.25) is 5.76 Å². The van der Waals surface area contributed by atoms with Crippen LogP contribution in [0.1, 0.15) is 27.7 Å². The summed E-state index contributed by atoms with van der Waals surface area (Å²) in [6.45, 7) is 0. The Hall–Kier alpha value is -3.15. The number of aromatic hydroxyl groups is 1. The van der Waals surface area contributed by atoms with Gasteiger partial charge in [0, 0.05) is 0 Å². The van der Waals surface area contributed by atoms with Crippen molar-refractivity contribution in [2.24, 2.45) is 0 Å². The average molecular weight is 311 g/mol. The lowest BCUT2D eigenvalue weighted by Gasteiger charge is -2.11. The van der Waals surface area contributed by atoms with Crippen LogP contribution in [0.4, 0.5) is 4.39 Å². The van der Waals surface area contributed by atoms with Gasteiger partial charge in [-0.15, -0.1) is 0 Å². The Morgan fingerprint density at radius 2 is 1.96 bits per heavy atom. The standard InChI is InChI=1S/C17H10FNO4/c18-9-4-5-12-11(7-9)15(21)13-14(19-17(22)16(13)23-12)8-2-1-3-10(20)6-8/h1-7,14,20H,(H,19,22)/t14-/m1/s1. The molecule has 1 aliphatic rings.